The Hall–Kier alpha value is -1.86. The predicted molar refractivity (Wildman–Crippen MR) is 89.3 cm³/mol. The molecule has 2 aromatic rings. The lowest BCUT2D eigenvalue weighted by Crippen LogP contribution is -2.41. The number of rotatable bonds is 7. The first-order chi connectivity index (χ1) is 11.0. The summed E-state index contributed by atoms with van der Waals surface area (Å²) >= 11 is 1.60. The number of furan rings is 1. The van der Waals surface area contributed by atoms with Gasteiger partial charge in [-0.05, 0) is 19.1 Å². The third-order valence-corrected chi connectivity index (χ3v) is 4.51. The standard InChI is InChI=1S/C16H23N3O3S/c1-10(2)15-19-12(9-23-15)8-17-16(21)18-11(3)7-13(20)14-5-4-6-22-14/h4-6,9-11,13,20H,7-8H2,1-3H3,(H2,17,18,21)/t11-,13-/m1/s1. The monoisotopic (exact) mass is 337 g/mol. The number of thiazole rings is 1. The van der Waals surface area contributed by atoms with Gasteiger partial charge in [0.25, 0.3) is 0 Å². The van der Waals surface area contributed by atoms with E-state index in [1.54, 1.807) is 23.5 Å². The molecule has 126 valence electrons. The van der Waals surface area contributed by atoms with Crippen molar-refractivity contribution in [2.24, 2.45) is 0 Å². The van der Waals surface area contributed by atoms with E-state index in [0.717, 1.165) is 10.7 Å². The summed E-state index contributed by atoms with van der Waals surface area (Å²) in [5.74, 6) is 0.897. The van der Waals surface area contributed by atoms with E-state index in [9.17, 15) is 9.90 Å². The molecule has 3 N–H and O–H groups in total. The van der Waals surface area contributed by atoms with Gasteiger partial charge in [-0.25, -0.2) is 9.78 Å². The van der Waals surface area contributed by atoms with Crippen molar-refractivity contribution in [1.82, 2.24) is 15.6 Å². The molecule has 0 aliphatic heterocycles. The van der Waals surface area contributed by atoms with Gasteiger partial charge in [-0.15, -0.1) is 11.3 Å². The molecule has 2 aromatic heterocycles. The minimum Gasteiger partial charge on any atom is -0.467 e. The molecule has 0 radical (unpaired) electrons. The first-order valence-electron chi connectivity index (χ1n) is 7.65. The Morgan fingerprint density at radius 3 is 2.83 bits per heavy atom. The van der Waals surface area contributed by atoms with Crippen molar-refractivity contribution in [1.29, 1.82) is 0 Å². The lowest BCUT2D eigenvalue weighted by atomic mass is 10.1. The Morgan fingerprint density at radius 2 is 2.22 bits per heavy atom. The number of nitrogens with zero attached hydrogens (tertiary/aromatic N) is 1. The fourth-order valence-corrected chi connectivity index (χ4v) is 2.94. The van der Waals surface area contributed by atoms with E-state index >= 15 is 0 Å². The third kappa shape index (κ3) is 5.37. The average molecular weight is 337 g/mol. The highest BCUT2D eigenvalue weighted by atomic mass is 32.1. The number of hydrogen-bond donors (Lipinski definition) is 3. The van der Waals surface area contributed by atoms with Gasteiger partial charge in [-0.1, -0.05) is 13.8 Å². The Labute approximate surface area is 139 Å². The molecule has 2 atom stereocenters. The fraction of sp³-hybridized carbons (Fsp3) is 0.500. The number of urea groups is 1. The van der Waals surface area contributed by atoms with Crippen LogP contribution in [-0.4, -0.2) is 22.2 Å². The first kappa shape index (κ1) is 17.5. The van der Waals surface area contributed by atoms with Crippen molar-refractivity contribution < 1.29 is 14.3 Å². The average Bonchev–Trinajstić information content (AvgIpc) is 3.16. The van der Waals surface area contributed by atoms with Crippen molar-refractivity contribution in [2.45, 2.75) is 51.8 Å². The van der Waals surface area contributed by atoms with E-state index in [0.29, 0.717) is 24.6 Å². The Morgan fingerprint density at radius 1 is 1.43 bits per heavy atom. The van der Waals surface area contributed by atoms with Crippen LogP contribution >= 0.6 is 11.3 Å². The Bertz CT molecular complexity index is 610. The van der Waals surface area contributed by atoms with E-state index in [1.807, 2.05) is 12.3 Å². The van der Waals surface area contributed by atoms with Crippen LogP contribution in [0.25, 0.3) is 0 Å². The highest BCUT2D eigenvalue weighted by Gasteiger charge is 2.16. The molecule has 0 aromatic carbocycles. The van der Waals surface area contributed by atoms with E-state index in [4.69, 9.17) is 4.42 Å². The highest BCUT2D eigenvalue weighted by Crippen LogP contribution is 2.19. The summed E-state index contributed by atoms with van der Waals surface area (Å²) in [5.41, 5.74) is 0.858. The maximum Gasteiger partial charge on any atom is 0.315 e. The van der Waals surface area contributed by atoms with Crippen molar-refractivity contribution >= 4 is 17.4 Å². The van der Waals surface area contributed by atoms with E-state index in [1.165, 1.54) is 6.26 Å². The van der Waals surface area contributed by atoms with Crippen LogP contribution in [0.2, 0.25) is 0 Å². The number of hydrogen-bond acceptors (Lipinski definition) is 5. The molecule has 2 heterocycles. The summed E-state index contributed by atoms with van der Waals surface area (Å²) in [6.45, 7) is 6.41. The lowest BCUT2D eigenvalue weighted by molar-refractivity contribution is 0.129. The van der Waals surface area contributed by atoms with Crippen molar-refractivity contribution in [3.8, 4) is 0 Å². The molecule has 0 aliphatic rings. The van der Waals surface area contributed by atoms with Gasteiger partial charge in [-0.3, -0.25) is 0 Å². The first-order valence-corrected chi connectivity index (χ1v) is 8.53. The largest absolute Gasteiger partial charge is 0.467 e. The number of aliphatic hydroxyl groups is 1. The van der Waals surface area contributed by atoms with Crippen LogP contribution < -0.4 is 10.6 Å². The highest BCUT2D eigenvalue weighted by molar-refractivity contribution is 7.09. The second kappa shape index (κ2) is 8.12. The SMILES string of the molecule is CC(C)c1nc(CNC(=O)N[C@H](C)C[C@@H](O)c2ccco2)cs1. The molecule has 0 saturated heterocycles. The maximum absolute atomic E-state index is 11.9. The van der Waals surface area contributed by atoms with E-state index in [-0.39, 0.29) is 12.1 Å². The Balaban J connectivity index is 1.73. The second-order valence-corrected chi connectivity index (χ2v) is 6.72. The van der Waals surface area contributed by atoms with Gasteiger partial charge in [0.1, 0.15) is 11.9 Å². The van der Waals surface area contributed by atoms with Gasteiger partial charge in [0, 0.05) is 23.8 Å². The molecule has 0 aliphatic carbocycles. The molecular formula is C16H23N3O3S. The number of amides is 2. The normalized spacial score (nSPS) is 13.8. The zero-order chi connectivity index (χ0) is 16.8. The molecule has 0 unspecified atom stereocenters. The van der Waals surface area contributed by atoms with E-state index < -0.39 is 6.10 Å². The third-order valence-electron chi connectivity index (χ3n) is 3.32. The molecule has 6 nitrogen and oxygen atoms in total. The molecule has 7 heteroatoms. The summed E-state index contributed by atoms with van der Waals surface area (Å²) in [6, 6.07) is 2.98. The van der Waals surface area contributed by atoms with Crippen LogP contribution in [0.15, 0.2) is 28.2 Å². The molecule has 0 bridgehead atoms. The number of aromatic nitrogens is 1. The minimum absolute atomic E-state index is 0.184. The smallest absolute Gasteiger partial charge is 0.315 e. The van der Waals surface area contributed by atoms with Crippen LogP contribution in [-0.2, 0) is 6.54 Å². The zero-order valence-corrected chi connectivity index (χ0v) is 14.4. The molecule has 0 spiro atoms. The molecule has 0 saturated carbocycles. The summed E-state index contributed by atoms with van der Waals surface area (Å²) < 4.78 is 5.14. The van der Waals surface area contributed by atoms with Crippen LogP contribution in [0, 0.1) is 0 Å². The summed E-state index contributed by atoms with van der Waals surface area (Å²) in [5, 5.41) is 18.6. The van der Waals surface area contributed by atoms with Gasteiger partial charge in [0.2, 0.25) is 0 Å². The molecule has 2 rings (SSSR count). The Kier molecular flexibility index (Phi) is 6.18. The maximum atomic E-state index is 11.9. The number of aliphatic hydroxyl groups excluding tert-OH is 1. The number of nitrogens with one attached hydrogen (secondary N) is 2. The van der Waals surface area contributed by atoms with Crippen LogP contribution in [0.4, 0.5) is 4.79 Å². The van der Waals surface area contributed by atoms with Gasteiger partial charge in [-0.2, -0.15) is 0 Å². The zero-order valence-electron chi connectivity index (χ0n) is 13.6. The van der Waals surface area contributed by atoms with Gasteiger partial charge < -0.3 is 20.2 Å². The topological polar surface area (TPSA) is 87.4 Å². The van der Waals surface area contributed by atoms with Gasteiger partial charge in [0.15, 0.2) is 0 Å². The van der Waals surface area contributed by atoms with Crippen LogP contribution in [0.1, 0.15) is 55.7 Å². The van der Waals surface area contributed by atoms with Crippen molar-refractivity contribution in [3.63, 3.8) is 0 Å². The summed E-state index contributed by atoms with van der Waals surface area (Å²) in [6.07, 6.45) is 1.17. The number of carbonyl (C=O) groups is 1. The quantitative estimate of drug-likeness (QED) is 0.724. The molecular weight excluding hydrogens is 314 g/mol. The van der Waals surface area contributed by atoms with Crippen LogP contribution in [0.3, 0.4) is 0 Å². The second-order valence-electron chi connectivity index (χ2n) is 5.83. The fourth-order valence-electron chi connectivity index (χ4n) is 2.11. The van der Waals surface area contributed by atoms with Crippen molar-refractivity contribution in [3.05, 3.63) is 40.2 Å². The molecule has 23 heavy (non-hydrogen) atoms. The van der Waals surface area contributed by atoms with Crippen molar-refractivity contribution in [2.75, 3.05) is 0 Å². The van der Waals surface area contributed by atoms with Gasteiger partial charge >= 0.3 is 6.03 Å². The lowest BCUT2D eigenvalue weighted by Gasteiger charge is -2.17. The van der Waals surface area contributed by atoms with E-state index in [2.05, 4.69) is 29.5 Å². The van der Waals surface area contributed by atoms with Crippen LogP contribution in [0.5, 0.6) is 0 Å². The molecule has 0 fully saturated rings. The predicted octanol–water partition coefficient (Wildman–Crippen LogP) is 3.17. The summed E-state index contributed by atoms with van der Waals surface area (Å²) in [4.78, 5) is 16.4. The number of carbonyl (C=O) groups excluding carboxylic acids is 1. The molecule has 2 amide bonds. The minimum atomic E-state index is -0.729. The van der Waals surface area contributed by atoms with Gasteiger partial charge in [0.05, 0.1) is 23.5 Å². The summed E-state index contributed by atoms with van der Waals surface area (Å²) in [7, 11) is 0.